The van der Waals surface area contributed by atoms with Crippen LogP contribution in [0.1, 0.15) is 32.1 Å². The van der Waals surface area contributed by atoms with E-state index in [2.05, 4.69) is 0 Å². The first-order valence-electron chi connectivity index (χ1n) is 4.83. The van der Waals surface area contributed by atoms with Crippen molar-refractivity contribution in [1.29, 1.82) is 0 Å². The molecular formula is C9H13F5O. The highest BCUT2D eigenvalue weighted by molar-refractivity contribution is 4.80. The average Bonchev–Trinajstić information content (AvgIpc) is 2.07. The van der Waals surface area contributed by atoms with Crippen LogP contribution in [0.3, 0.4) is 0 Å². The molecule has 1 atom stereocenters. The van der Waals surface area contributed by atoms with E-state index in [0.717, 1.165) is 0 Å². The number of hydrogen-bond donors (Lipinski definition) is 1. The molecule has 1 aliphatic rings. The summed E-state index contributed by atoms with van der Waals surface area (Å²) in [4.78, 5) is 0. The maximum absolute atomic E-state index is 12.7. The van der Waals surface area contributed by atoms with E-state index in [1.807, 2.05) is 0 Å². The monoisotopic (exact) mass is 232 g/mol. The summed E-state index contributed by atoms with van der Waals surface area (Å²) in [5, 5.41) is 8.76. The molecule has 0 bridgehead atoms. The van der Waals surface area contributed by atoms with Crippen molar-refractivity contribution >= 4 is 0 Å². The van der Waals surface area contributed by atoms with E-state index in [1.54, 1.807) is 0 Å². The second-order valence-corrected chi connectivity index (χ2v) is 4.09. The molecule has 0 heterocycles. The van der Waals surface area contributed by atoms with Crippen LogP contribution in [0, 0.1) is 5.92 Å². The van der Waals surface area contributed by atoms with Gasteiger partial charge in [-0.3, -0.25) is 0 Å². The number of aliphatic hydroxyl groups excluding tert-OH is 1. The van der Waals surface area contributed by atoms with Crippen molar-refractivity contribution in [2.75, 3.05) is 0 Å². The van der Waals surface area contributed by atoms with Gasteiger partial charge in [0, 0.05) is 12.8 Å². The predicted octanol–water partition coefficient (Wildman–Crippen LogP) is 3.13. The molecule has 0 aromatic rings. The van der Waals surface area contributed by atoms with Crippen molar-refractivity contribution < 1.29 is 27.1 Å². The molecule has 1 unspecified atom stereocenters. The molecule has 1 saturated carbocycles. The minimum absolute atomic E-state index is 0.0557. The van der Waals surface area contributed by atoms with Gasteiger partial charge in [-0.2, -0.15) is 13.2 Å². The minimum Gasteiger partial charge on any atom is -0.384 e. The zero-order valence-electron chi connectivity index (χ0n) is 8.03. The van der Waals surface area contributed by atoms with Crippen molar-refractivity contribution in [1.82, 2.24) is 0 Å². The number of hydrogen-bond acceptors (Lipinski definition) is 1. The SMILES string of the molecule is OC(CC1CCC(F)(F)CC1)C(F)(F)F. The molecule has 90 valence electrons. The van der Waals surface area contributed by atoms with E-state index in [9.17, 15) is 22.0 Å². The summed E-state index contributed by atoms with van der Waals surface area (Å²) in [6.07, 6.45) is -8.11. The fourth-order valence-corrected chi connectivity index (χ4v) is 1.78. The first kappa shape index (κ1) is 12.7. The van der Waals surface area contributed by atoms with Gasteiger partial charge in [0.05, 0.1) is 0 Å². The van der Waals surface area contributed by atoms with E-state index < -0.39 is 30.5 Å². The van der Waals surface area contributed by atoms with E-state index in [-0.39, 0.29) is 25.7 Å². The molecule has 0 radical (unpaired) electrons. The largest absolute Gasteiger partial charge is 0.414 e. The van der Waals surface area contributed by atoms with Crippen LogP contribution in [0.4, 0.5) is 22.0 Å². The third kappa shape index (κ3) is 3.93. The summed E-state index contributed by atoms with van der Waals surface area (Å²) in [6, 6.07) is 0. The summed E-state index contributed by atoms with van der Waals surface area (Å²) in [6.45, 7) is 0. The molecular weight excluding hydrogens is 219 g/mol. The van der Waals surface area contributed by atoms with Crippen molar-refractivity contribution in [3.8, 4) is 0 Å². The summed E-state index contributed by atoms with van der Waals surface area (Å²) < 4.78 is 61.2. The topological polar surface area (TPSA) is 20.2 Å². The number of alkyl halides is 5. The fourth-order valence-electron chi connectivity index (χ4n) is 1.78. The van der Waals surface area contributed by atoms with Crippen LogP contribution in [-0.4, -0.2) is 23.3 Å². The van der Waals surface area contributed by atoms with Crippen LogP contribution >= 0.6 is 0 Å². The van der Waals surface area contributed by atoms with Gasteiger partial charge >= 0.3 is 6.18 Å². The Morgan fingerprint density at radius 2 is 1.67 bits per heavy atom. The average molecular weight is 232 g/mol. The molecule has 0 spiro atoms. The Bertz CT molecular complexity index is 203. The molecule has 1 aliphatic carbocycles. The Morgan fingerprint density at radius 1 is 1.20 bits per heavy atom. The van der Waals surface area contributed by atoms with Gasteiger partial charge in [-0.05, 0) is 25.2 Å². The van der Waals surface area contributed by atoms with Gasteiger partial charge in [-0.15, -0.1) is 0 Å². The molecule has 1 N–H and O–H groups in total. The van der Waals surface area contributed by atoms with Crippen molar-refractivity contribution in [2.24, 2.45) is 5.92 Å². The molecule has 0 amide bonds. The highest BCUT2D eigenvalue weighted by atomic mass is 19.4. The lowest BCUT2D eigenvalue weighted by Crippen LogP contribution is -2.33. The quantitative estimate of drug-likeness (QED) is 0.725. The van der Waals surface area contributed by atoms with Crippen LogP contribution in [-0.2, 0) is 0 Å². The predicted molar refractivity (Wildman–Crippen MR) is 43.6 cm³/mol. The fraction of sp³-hybridized carbons (Fsp3) is 1.00. The lowest BCUT2D eigenvalue weighted by atomic mass is 9.83. The zero-order valence-corrected chi connectivity index (χ0v) is 8.03. The Morgan fingerprint density at radius 3 is 2.07 bits per heavy atom. The normalized spacial score (nSPS) is 25.2. The second kappa shape index (κ2) is 4.23. The van der Waals surface area contributed by atoms with Crippen molar-refractivity contribution in [3.63, 3.8) is 0 Å². The van der Waals surface area contributed by atoms with E-state index in [0.29, 0.717) is 0 Å². The Kier molecular flexibility index (Phi) is 3.58. The molecule has 0 aliphatic heterocycles. The van der Waals surface area contributed by atoms with Crippen LogP contribution in [0.15, 0.2) is 0 Å². The van der Waals surface area contributed by atoms with Gasteiger partial charge in [-0.1, -0.05) is 0 Å². The highest BCUT2D eigenvalue weighted by Crippen LogP contribution is 2.39. The third-order valence-corrected chi connectivity index (χ3v) is 2.77. The van der Waals surface area contributed by atoms with Crippen LogP contribution in [0.2, 0.25) is 0 Å². The molecule has 1 nitrogen and oxygen atoms in total. The molecule has 6 heteroatoms. The molecule has 1 rings (SSSR count). The summed E-state index contributed by atoms with van der Waals surface area (Å²) in [5.74, 6) is -3.18. The van der Waals surface area contributed by atoms with Crippen molar-refractivity contribution in [3.05, 3.63) is 0 Å². The van der Waals surface area contributed by atoms with E-state index in [1.165, 1.54) is 0 Å². The van der Waals surface area contributed by atoms with Crippen LogP contribution in [0.5, 0.6) is 0 Å². The Balaban J connectivity index is 2.36. The maximum atomic E-state index is 12.7. The van der Waals surface area contributed by atoms with Crippen LogP contribution < -0.4 is 0 Å². The van der Waals surface area contributed by atoms with E-state index in [4.69, 9.17) is 5.11 Å². The van der Waals surface area contributed by atoms with Gasteiger partial charge < -0.3 is 5.11 Å². The minimum atomic E-state index is -4.64. The molecule has 0 aromatic carbocycles. The smallest absolute Gasteiger partial charge is 0.384 e. The van der Waals surface area contributed by atoms with E-state index >= 15 is 0 Å². The maximum Gasteiger partial charge on any atom is 0.414 e. The summed E-state index contributed by atoms with van der Waals surface area (Å²) >= 11 is 0. The van der Waals surface area contributed by atoms with Gasteiger partial charge in [0.25, 0.3) is 0 Å². The molecule has 1 fully saturated rings. The standard InChI is InChI=1S/C9H13F5O/c10-8(11)3-1-6(2-4-8)5-7(15)9(12,13)14/h6-7,15H,1-5H2. The zero-order chi connectivity index (χ0) is 11.7. The second-order valence-electron chi connectivity index (χ2n) is 4.09. The first-order chi connectivity index (χ1) is 6.71. The van der Waals surface area contributed by atoms with Gasteiger partial charge in [0.1, 0.15) is 6.10 Å². The van der Waals surface area contributed by atoms with Crippen molar-refractivity contribution in [2.45, 2.75) is 50.3 Å². The summed E-state index contributed by atoms with van der Waals surface area (Å²) in [5.41, 5.74) is 0. The highest BCUT2D eigenvalue weighted by Gasteiger charge is 2.42. The number of halogens is 5. The first-order valence-corrected chi connectivity index (χ1v) is 4.83. The Labute approximate surface area is 84.3 Å². The van der Waals surface area contributed by atoms with Gasteiger partial charge in [-0.25, -0.2) is 8.78 Å². The lowest BCUT2D eigenvalue weighted by Gasteiger charge is -2.29. The summed E-state index contributed by atoms with van der Waals surface area (Å²) in [7, 11) is 0. The van der Waals surface area contributed by atoms with Crippen LogP contribution in [0.25, 0.3) is 0 Å². The van der Waals surface area contributed by atoms with Gasteiger partial charge in [0.15, 0.2) is 0 Å². The van der Waals surface area contributed by atoms with Gasteiger partial charge in [0.2, 0.25) is 5.92 Å². The molecule has 0 aromatic heterocycles. The number of aliphatic hydroxyl groups is 1. The number of rotatable bonds is 2. The lowest BCUT2D eigenvalue weighted by molar-refractivity contribution is -0.210. The molecule has 0 saturated heterocycles. The molecule has 15 heavy (non-hydrogen) atoms. The Hall–Kier alpha value is -0.390. The third-order valence-electron chi connectivity index (χ3n) is 2.77.